The molecule has 2 N–H and O–H groups in total. The Morgan fingerprint density at radius 2 is 2.04 bits per heavy atom. The first-order chi connectivity index (χ1) is 12.5. The highest BCUT2D eigenvalue weighted by Crippen LogP contribution is 2.27. The highest BCUT2D eigenvalue weighted by atomic mass is 16.6. The van der Waals surface area contributed by atoms with E-state index in [9.17, 15) is 10.1 Å². The van der Waals surface area contributed by atoms with E-state index < -0.39 is 4.92 Å². The fraction of sp³-hybridized carbons (Fsp3) is 0.111. The van der Waals surface area contributed by atoms with Gasteiger partial charge in [0.2, 0.25) is 5.95 Å². The van der Waals surface area contributed by atoms with Gasteiger partial charge in [-0.1, -0.05) is 12.1 Å². The fourth-order valence-electron chi connectivity index (χ4n) is 2.57. The third kappa shape index (κ3) is 3.32. The molecule has 0 bridgehead atoms. The third-order valence-corrected chi connectivity index (χ3v) is 3.94. The number of nitro groups is 1. The first kappa shape index (κ1) is 17.0. The van der Waals surface area contributed by atoms with Crippen molar-refractivity contribution in [3.05, 3.63) is 69.9 Å². The van der Waals surface area contributed by atoms with E-state index in [1.807, 2.05) is 0 Å². The Balaban J connectivity index is 1.90. The summed E-state index contributed by atoms with van der Waals surface area (Å²) in [5, 5.41) is 19.8. The molecule has 130 valence electrons. The van der Waals surface area contributed by atoms with Crippen LogP contribution in [0.4, 0.5) is 11.6 Å². The summed E-state index contributed by atoms with van der Waals surface area (Å²) in [5.41, 5.74) is 8.79. The normalized spacial score (nSPS) is 10.3. The van der Waals surface area contributed by atoms with Crippen LogP contribution in [0, 0.1) is 21.4 Å². The van der Waals surface area contributed by atoms with Crippen LogP contribution >= 0.6 is 0 Å². The smallest absolute Gasteiger partial charge is 0.273 e. The zero-order valence-electron chi connectivity index (χ0n) is 13.9. The molecule has 8 nitrogen and oxygen atoms in total. The van der Waals surface area contributed by atoms with Gasteiger partial charge in [-0.2, -0.15) is 5.26 Å². The summed E-state index contributed by atoms with van der Waals surface area (Å²) in [6, 6.07) is 13.5. The molecule has 3 aromatic rings. The van der Waals surface area contributed by atoms with Gasteiger partial charge in [0.05, 0.1) is 42.0 Å². The molecule has 0 atom stereocenters. The van der Waals surface area contributed by atoms with Gasteiger partial charge in [0.15, 0.2) is 0 Å². The molecule has 0 unspecified atom stereocenters. The SMILES string of the molecule is COc1cc([N+](=O)[O-])ccc1Cn1cc(-c2ccc(C#N)cc2)nc1N. The minimum atomic E-state index is -0.471. The van der Waals surface area contributed by atoms with E-state index in [2.05, 4.69) is 11.1 Å². The first-order valence-electron chi connectivity index (χ1n) is 7.66. The number of benzene rings is 2. The number of nitrogens with two attached hydrogens (primary N) is 1. The second kappa shape index (κ2) is 6.94. The average Bonchev–Trinajstić information content (AvgIpc) is 3.02. The van der Waals surface area contributed by atoms with Crippen molar-refractivity contribution in [2.45, 2.75) is 6.54 Å². The lowest BCUT2D eigenvalue weighted by Gasteiger charge is -2.09. The van der Waals surface area contributed by atoms with E-state index in [-0.39, 0.29) is 5.69 Å². The number of nitrogens with zero attached hydrogens (tertiary/aromatic N) is 4. The van der Waals surface area contributed by atoms with Gasteiger partial charge in [0.25, 0.3) is 5.69 Å². The van der Waals surface area contributed by atoms with Gasteiger partial charge in [-0.15, -0.1) is 0 Å². The Labute approximate surface area is 149 Å². The molecule has 0 aliphatic carbocycles. The molecule has 0 aliphatic heterocycles. The van der Waals surface area contributed by atoms with Crippen molar-refractivity contribution >= 4 is 11.6 Å². The molecule has 0 aliphatic rings. The lowest BCUT2D eigenvalue weighted by atomic mass is 10.1. The number of nitrogen functional groups attached to an aromatic ring is 1. The minimum absolute atomic E-state index is 0.0394. The molecule has 0 saturated heterocycles. The van der Waals surface area contributed by atoms with Crippen molar-refractivity contribution in [2.24, 2.45) is 0 Å². The molecule has 26 heavy (non-hydrogen) atoms. The van der Waals surface area contributed by atoms with E-state index in [4.69, 9.17) is 15.7 Å². The molecule has 3 rings (SSSR count). The van der Waals surface area contributed by atoms with E-state index in [0.717, 1.165) is 11.1 Å². The number of nitriles is 1. The van der Waals surface area contributed by atoms with Crippen molar-refractivity contribution in [3.63, 3.8) is 0 Å². The predicted molar refractivity (Wildman–Crippen MR) is 95.5 cm³/mol. The number of methoxy groups -OCH3 is 1. The molecule has 1 aromatic heterocycles. The van der Waals surface area contributed by atoms with Crippen LogP contribution in [0.15, 0.2) is 48.7 Å². The van der Waals surface area contributed by atoms with Crippen molar-refractivity contribution in [1.29, 1.82) is 5.26 Å². The first-order valence-corrected chi connectivity index (χ1v) is 7.66. The summed E-state index contributed by atoms with van der Waals surface area (Å²) in [7, 11) is 1.46. The fourth-order valence-corrected chi connectivity index (χ4v) is 2.57. The van der Waals surface area contributed by atoms with Gasteiger partial charge in [-0.3, -0.25) is 10.1 Å². The van der Waals surface area contributed by atoms with Gasteiger partial charge < -0.3 is 15.0 Å². The van der Waals surface area contributed by atoms with E-state index in [1.165, 1.54) is 19.2 Å². The van der Waals surface area contributed by atoms with E-state index in [1.54, 1.807) is 41.1 Å². The molecule has 0 spiro atoms. The van der Waals surface area contributed by atoms with Gasteiger partial charge in [-0.25, -0.2) is 4.98 Å². The molecule has 8 heteroatoms. The zero-order chi connectivity index (χ0) is 18.7. The Bertz CT molecular complexity index is 1000. The van der Waals surface area contributed by atoms with Crippen molar-refractivity contribution in [1.82, 2.24) is 9.55 Å². The number of hydrogen-bond donors (Lipinski definition) is 1. The highest BCUT2D eigenvalue weighted by Gasteiger charge is 2.14. The number of ether oxygens (including phenoxy) is 1. The molecular formula is C18H15N5O3. The third-order valence-electron chi connectivity index (χ3n) is 3.94. The number of anilines is 1. The number of aromatic nitrogens is 2. The van der Waals surface area contributed by atoms with E-state index in [0.29, 0.717) is 29.5 Å². The summed E-state index contributed by atoms with van der Waals surface area (Å²) >= 11 is 0. The number of nitro benzene ring substituents is 1. The summed E-state index contributed by atoms with van der Waals surface area (Å²) < 4.78 is 6.99. The predicted octanol–water partition coefficient (Wildman–Crippen LogP) is 2.97. The second-order valence-electron chi connectivity index (χ2n) is 5.55. The van der Waals surface area contributed by atoms with Crippen LogP contribution in [0.3, 0.4) is 0 Å². The quantitative estimate of drug-likeness (QED) is 0.558. The maximum absolute atomic E-state index is 10.9. The monoisotopic (exact) mass is 349 g/mol. The van der Waals surface area contributed by atoms with Crippen LogP contribution < -0.4 is 10.5 Å². The zero-order valence-corrected chi connectivity index (χ0v) is 13.9. The number of rotatable bonds is 5. The summed E-state index contributed by atoms with van der Waals surface area (Å²) in [6.07, 6.45) is 1.79. The average molecular weight is 349 g/mol. The second-order valence-corrected chi connectivity index (χ2v) is 5.55. The number of non-ortho nitro benzene ring substituents is 1. The van der Waals surface area contributed by atoms with Gasteiger partial charge in [0.1, 0.15) is 5.75 Å². The highest BCUT2D eigenvalue weighted by molar-refractivity contribution is 5.61. The van der Waals surface area contributed by atoms with Gasteiger partial charge in [0, 0.05) is 23.4 Å². The lowest BCUT2D eigenvalue weighted by Crippen LogP contribution is -2.05. The van der Waals surface area contributed by atoms with Crippen LogP contribution in [0.5, 0.6) is 5.75 Å². The Kier molecular flexibility index (Phi) is 4.53. The van der Waals surface area contributed by atoms with Crippen LogP contribution in [0.1, 0.15) is 11.1 Å². The standard InChI is InChI=1S/C18H15N5O3/c1-26-17-8-15(23(24)25)7-6-14(17)10-22-11-16(21-18(22)20)13-4-2-12(9-19)3-5-13/h2-8,11H,10H2,1H3,(H2,20,21). The lowest BCUT2D eigenvalue weighted by molar-refractivity contribution is -0.384. The molecule has 0 radical (unpaired) electrons. The van der Waals surface area contributed by atoms with Crippen molar-refractivity contribution in [3.8, 4) is 23.1 Å². The maximum atomic E-state index is 10.9. The maximum Gasteiger partial charge on any atom is 0.273 e. The van der Waals surface area contributed by atoms with Gasteiger partial charge >= 0.3 is 0 Å². The Hall–Kier alpha value is -3.86. The number of imidazole rings is 1. The largest absolute Gasteiger partial charge is 0.496 e. The van der Waals surface area contributed by atoms with Gasteiger partial charge in [-0.05, 0) is 18.2 Å². The topological polar surface area (TPSA) is 120 Å². The van der Waals surface area contributed by atoms with Crippen LogP contribution in [0.25, 0.3) is 11.3 Å². The molecule has 0 amide bonds. The van der Waals surface area contributed by atoms with Crippen LogP contribution in [-0.4, -0.2) is 21.6 Å². The van der Waals surface area contributed by atoms with Crippen molar-refractivity contribution < 1.29 is 9.66 Å². The van der Waals surface area contributed by atoms with E-state index >= 15 is 0 Å². The molecule has 2 aromatic carbocycles. The van der Waals surface area contributed by atoms with Crippen molar-refractivity contribution in [2.75, 3.05) is 12.8 Å². The van der Waals surface area contributed by atoms with Crippen LogP contribution in [-0.2, 0) is 6.54 Å². The molecule has 0 saturated carbocycles. The van der Waals surface area contributed by atoms with Crippen LogP contribution in [0.2, 0.25) is 0 Å². The number of hydrogen-bond acceptors (Lipinski definition) is 6. The summed E-state index contributed by atoms with van der Waals surface area (Å²) in [6.45, 7) is 0.357. The Morgan fingerprint density at radius 1 is 1.31 bits per heavy atom. The minimum Gasteiger partial charge on any atom is -0.496 e. The summed E-state index contributed by atoms with van der Waals surface area (Å²) in [4.78, 5) is 14.8. The Morgan fingerprint density at radius 3 is 2.65 bits per heavy atom. The molecule has 0 fully saturated rings. The molecular weight excluding hydrogens is 334 g/mol. The summed E-state index contributed by atoms with van der Waals surface area (Å²) in [5.74, 6) is 0.719. The molecule has 1 heterocycles.